The lowest BCUT2D eigenvalue weighted by Gasteiger charge is -2.25. The van der Waals surface area contributed by atoms with Gasteiger partial charge in [-0.1, -0.05) is 0 Å². The predicted molar refractivity (Wildman–Crippen MR) is 58.5 cm³/mol. The average Bonchev–Trinajstić information content (AvgIpc) is 2.78. The molecule has 0 amide bonds. The highest BCUT2D eigenvalue weighted by molar-refractivity contribution is 5.77. The second kappa shape index (κ2) is 3.48. The van der Waals surface area contributed by atoms with Crippen molar-refractivity contribution in [2.45, 2.75) is 45.6 Å². The normalized spacial score (nSPS) is 28.9. The zero-order valence-corrected chi connectivity index (χ0v) is 9.93. The van der Waals surface area contributed by atoms with Crippen LogP contribution in [0.1, 0.15) is 40.0 Å². The van der Waals surface area contributed by atoms with Gasteiger partial charge in [-0.2, -0.15) is 0 Å². The molecule has 86 valence electrons. The molecule has 0 aromatic rings. The molecule has 0 aromatic heterocycles. The Morgan fingerprint density at radius 3 is 2.47 bits per heavy atom. The van der Waals surface area contributed by atoms with Crippen molar-refractivity contribution in [3.05, 3.63) is 0 Å². The molecule has 1 heterocycles. The fraction of sp³-hybridized carbons (Fsp3) is 0.917. The first kappa shape index (κ1) is 10.9. The van der Waals surface area contributed by atoms with Gasteiger partial charge in [0.2, 0.25) is 0 Å². The summed E-state index contributed by atoms with van der Waals surface area (Å²) < 4.78 is 5.43. The van der Waals surface area contributed by atoms with Crippen LogP contribution in [0.5, 0.6) is 0 Å². The summed E-state index contributed by atoms with van der Waals surface area (Å²) in [6.07, 6.45) is 3.32. The van der Waals surface area contributed by atoms with E-state index in [-0.39, 0.29) is 17.5 Å². The molecule has 0 aromatic carbocycles. The summed E-state index contributed by atoms with van der Waals surface area (Å²) in [6.45, 7) is 7.91. The lowest BCUT2D eigenvalue weighted by atomic mass is 9.92. The second-order valence-corrected chi connectivity index (χ2v) is 5.90. The summed E-state index contributed by atoms with van der Waals surface area (Å²) in [5.74, 6) is 0.197. The Morgan fingerprint density at radius 1 is 1.33 bits per heavy atom. The van der Waals surface area contributed by atoms with E-state index in [1.807, 2.05) is 20.8 Å². The molecule has 0 unspecified atom stereocenters. The smallest absolute Gasteiger partial charge is 0.310 e. The molecule has 1 N–H and O–H groups in total. The van der Waals surface area contributed by atoms with Crippen molar-refractivity contribution in [3.63, 3.8) is 0 Å². The van der Waals surface area contributed by atoms with Gasteiger partial charge in [0, 0.05) is 0 Å². The van der Waals surface area contributed by atoms with E-state index in [0.717, 1.165) is 32.4 Å². The Kier molecular flexibility index (Phi) is 2.53. The summed E-state index contributed by atoms with van der Waals surface area (Å²) in [7, 11) is 0. The Balaban J connectivity index is 1.89. The van der Waals surface area contributed by atoms with Gasteiger partial charge in [-0.25, -0.2) is 0 Å². The van der Waals surface area contributed by atoms with E-state index in [2.05, 4.69) is 5.32 Å². The van der Waals surface area contributed by atoms with Gasteiger partial charge in [0.1, 0.15) is 5.60 Å². The number of esters is 1. The number of carbonyl (C=O) groups is 1. The average molecular weight is 211 g/mol. The second-order valence-electron chi connectivity index (χ2n) is 5.90. The highest BCUT2D eigenvalue weighted by Gasteiger charge is 2.59. The van der Waals surface area contributed by atoms with E-state index in [1.165, 1.54) is 0 Å². The van der Waals surface area contributed by atoms with E-state index in [4.69, 9.17) is 4.74 Å². The lowest BCUT2D eigenvalue weighted by Crippen LogP contribution is -2.32. The Hall–Kier alpha value is -0.570. The molecule has 3 heteroatoms. The summed E-state index contributed by atoms with van der Waals surface area (Å²) in [4.78, 5) is 11.9. The zero-order chi connectivity index (χ0) is 11.1. The van der Waals surface area contributed by atoms with Crippen LogP contribution in [-0.4, -0.2) is 24.7 Å². The minimum atomic E-state index is -0.340. The molecule has 0 bridgehead atoms. The molecule has 2 aliphatic rings. The van der Waals surface area contributed by atoms with Gasteiger partial charge in [0.25, 0.3) is 0 Å². The first-order valence-corrected chi connectivity index (χ1v) is 5.87. The van der Waals surface area contributed by atoms with Crippen LogP contribution in [0.4, 0.5) is 0 Å². The highest BCUT2D eigenvalue weighted by Crippen LogP contribution is 2.59. The van der Waals surface area contributed by atoms with Crippen molar-refractivity contribution in [2.75, 3.05) is 13.1 Å². The van der Waals surface area contributed by atoms with Crippen LogP contribution < -0.4 is 5.32 Å². The van der Waals surface area contributed by atoms with Gasteiger partial charge < -0.3 is 10.1 Å². The molecule has 1 spiro atoms. The number of rotatable bonds is 1. The van der Waals surface area contributed by atoms with Gasteiger partial charge in [-0.15, -0.1) is 0 Å². The van der Waals surface area contributed by atoms with Crippen LogP contribution in [0.3, 0.4) is 0 Å². The van der Waals surface area contributed by atoms with Crippen molar-refractivity contribution in [1.29, 1.82) is 0 Å². The van der Waals surface area contributed by atoms with Crippen LogP contribution in [0.25, 0.3) is 0 Å². The molecule has 1 aliphatic heterocycles. The highest BCUT2D eigenvalue weighted by atomic mass is 16.6. The largest absolute Gasteiger partial charge is 0.460 e. The zero-order valence-electron chi connectivity index (χ0n) is 9.93. The van der Waals surface area contributed by atoms with Crippen LogP contribution in [0.15, 0.2) is 0 Å². The summed E-state index contributed by atoms with van der Waals surface area (Å²) in [5.41, 5.74) is -0.0403. The standard InChI is InChI=1S/C12H21NO2/c1-11(2,3)15-10(14)9-8-12(9)4-6-13-7-5-12/h9,13H,4-8H2,1-3H3/t9-/m1/s1. The molecule has 1 saturated heterocycles. The van der Waals surface area contributed by atoms with Gasteiger partial charge in [0.15, 0.2) is 0 Å². The van der Waals surface area contributed by atoms with Crippen LogP contribution in [0.2, 0.25) is 0 Å². The maximum atomic E-state index is 11.9. The van der Waals surface area contributed by atoms with Gasteiger partial charge in [0.05, 0.1) is 5.92 Å². The van der Waals surface area contributed by atoms with Gasteiger partial charge in [-0.05, 0) is 58.5 Å². The lowest BCUT2D eigenvalue weighted by molar-refractivity contribution is -0.157. The Labute approximate surface area is 91.6 Å². The monoisotopic (exact) mass is 211 g/mol. The molecule has 1 saturated carbocycles. The quantitative estimate of drug-likeness (QED) is 0.671. The number of piperidine rings is 1. The fourth-order valence-electron chi connectivity index (χ4n) is 2.53. The molecule has 1 atom stereocenters. The molecule has 0 radical (unpaired) electrons. The summed E-state index contributed by atoms with van der Waals surface area (Å²) in [5, 5.41) is 3.34. The first-order chi connectivity index (χ1) is 6.93. The fourth-order valence-corrected chi connectivity index (χ4v) is 2.53. The van der Waals surface area contributed by atoms with E-state index in [0.29, 0.717) is 5.41 Å². The maximum absolute atomic E-state index is 11.9. The molecule has 1 aliphatic carbocycles. The summed E-state index contributed by atoms with van der Waals surface area (Å²) in [6, 6.07) is 0. The molecule has 15 heavy (non-hydrogen) atoms. The first-order valence-electron chi connectivity index (χ1n) is 5.87. The Morgan fingerprint density at radius 2 is 1.93 bits per heavy atom. The van der Waals surface area contributed by atoms with Gasteiger partial charge in [-0.3, -0.25) is 4.79 Å². The van der Waals surface area contributed by atoms with Crippen molar-refractivity contribution in [3.8, 4) is 0 Å². The number of carbonyl (C=O) groups excluding carboxylic acids is 1. The third-order valence-electron chi connectivity index (χ3n) is 3.48. The Bertz CT molecular complexity index is 261. The third kappa shape index (κ3) is 2.33. The van der Waals surface area contributed by atoms with E-state index < -0.39 is 0 Å². The van der Waals surface area contributed by atoms with Crippen LogP contribution in [-0.2, 0) is 9.53 Å². The third-order valence-corrected chi connectivity index (χ3v) is 3.48. The van der Waals surface area contributed by atoms with Crippen molar-refractivity contribution < 1.29 is 9.53 Å². The minimum Gasteiger partial charge on any atom is -0.460 e. The van der Waals surface area contributed by atoms with E-state index >= 15 is 0 Å². The van der Waals surface area contributed by atoms with Crippen LogP contribution >= 0.6 is 0 Å². The number of ether oxygens (including phenoxy) is 1. The maximum Gasteiger partial charge on any atom is 0.310 e. The van der Waals surface area contributed by atoms with Crippen LogP contribution in [0, 0.1) is 11.3 Å². The SMILES string of the molecule is CC(C)(C)OC(=O)[C@H]1CC12CCNCC2. The van der Waals surface area contributed by atoms with E-state index in [1.54, 1.807) is 0 Å². The number of nitrogens with one attached hydrogen (secondary N) is 1. The summed E-state index contributed by atoms with van der Waals surface area (Å²) >= 11 is 0. The molecular formula is C12H21NO2. The van der Waals surface area contributed by atoms with Crippen molar-refractivity contribution >= 4 is 5.97 Å². The molecule has 2 rings (SSSR count). The van der Waals surface area contributed by atoms with E-state index in [9.17, 15) is 4.79 Å². The number of hydrogen-bond donors (Lipinski definition) is 1. The molecular weight excluding hydrogens is 190 g/mol. The molecule has 2 fully saturated rings. The minimum absolute atomic E-state index is 0.0180. The number of hydrogen-bond acceptors (Lipinski definition) is 3. The van der Waals surface area contributed by atoms with Crippen molar-refractivity contribution in [1.82, 2.24) is 5.32 Å². The molecule has 3 nitrogen and oxygen atoms in total. The topological polar surface area (TPSA) is 38.3 Å². The van der Waals surface area contributed by atoms with Gasteiger partial charge >= 0.3 is 5.97 Å². The van der Waals surface area contributed by atoms with Crippen molar-refractivity contribution in [2.24, 2.45) is 11.3 Å². The predicted octanol–water partition coefficient (Wildman–Crippen LogP) is 1.72.